The van der Waals surface area contributed by atoms with Crippen LogP contribution < -0.4 is 10.7 Å². The summed E-state index contributed by atoms with van der Waals surface area (Å²) < 4.78 is 0.771. The minimum Gasteiger partial charge on any atom is -0.507 e. The lowest BCUT2D eigenvalue weighted by atomic mass is 10.2. The van der Waals surface area contributed by atoms with E-state index < -0.39 is 5.91 Å². The molecule has 118 valence electrons. The van der Waals surface area contributed by atoms with Crippen LogP contribution in [0.1, 0.15) is 15.9 Å². The predicted molar refractivity (Wildman–Crippen MR) is 88.1 cm³/mol. The van der Waals surface area contributed by atoms with Crippen LogP contribution in [0, 0.1) is 0 Å². The van der Waals surface area contributed by atoms with E-state index in [1.54, 1.807) is 24.3 Å². The molecule has 1 aromatic heterocycles. The number of rotatable bonds is 5. The summed E-state index contributed by atoms with van der Waals surface area (Å²) in [5.41, 5.74) is 3.12. The first-order valence-corrected chi connectivity index (χ1v) is 7.34. The molecule has 3 N–H and O–H groups in total. The van der Waals surface area contributed by atoms with E-state index in [-0.39, 0.29) is 18.2 Å². The Hall–Kier alpha value is -2.74. The molecule has 2 aromatic rings. The molecule has 0 spiro atoms. The number of aromatic nitrogens is 1. The number of amides is 2. The Morgan fingerprint density at radius 1 is 1.26 bits per heavy atom. The third-order valence-corrected chi connectivity index (χ3v) is 3.23. The molecule has 0 radical (unpaired) electrons. The van der Waals surface area contributed by atoms with E-state index >= 15 is 0 Å². The molecule has 2 amide bonds. The van der Waals surface area contributed by atoms with Gasteiger partial charge in [-0.25, -0.2) is 5.43 Å². The van der Waals surface area contributed by atoms with E-state index in [4.69, 9.17) is 0 Å². The fourth-order valence-electron chi connectivity index (χ4n) is 1.61. The maximum Gasteiger partial charge on any atom is 0.259 e. The zero-order valence-corrected chi connectivity index (χ0v) is 13.4. The molecule has 8 heteroatoms. The van der Waals surface area contributed by atoms with E-state index in [9.17, 15) is 14.7 Å². The number of nitrogens with one attached hydrogen (secondary N) is 2. The van der Waals surface area contributed by atoms with Crippen molar-refractivity contribution in [2.75, 3.05) is 6.54 Å². The molecule has 0 aliphatic carbocycles. The zero-order chi connectivity index (χ0) is 16.7. The summed E-state index contributed by atoms with van der Waals surface area (Å²) in [6.07, 6.45) is 4.29. The number of hydrogen-bond acceptors (Lipinski definition) is 5. The van der Waals surface area contributed by atoms with Gasteiger partial charge in [0.25, 0.3) is 11.8 Å². The van der Waals surface area contributed by atoms with Crippen LogP contribution in [0.15, 0.2) is 52.3 Å². The monoisotopic (exact) mass is 376 g/mol. The Labute approximate surface area is 140 Å². The van der Waals surface area contributed by atoms with Crippen molar-refractivity contribution in [2.45, 2.75) is 0 Å². The number of phenolic OH excluding ortho intramolecular Hbond substituents is 1. The van der Waals surface area contributed by atoms with Crippen molar-refractivity contribution in [1.29, 1.82) is 0 Å². The fraction of sp³-hybridized carbons (Fsp3) is 0.0667. The lowest BCUT2D eigenvalue weighted by Crippen LogP contribution is -2.34. The molecule has 0 saturated carbocycles. The second kappa shape index (κ2) is 8.04. The molecule has 0 unspecified atom stereocenters. The van der Waals surface area contributed by atoms with Crippen LogP contribution in [0.3, 0.4) is 0 Å². The quantitative estimate of drug-likeness (QED) is 0.542. The molecule has 1 aromatic carbocycles. The van der Waals surface area contributed by atoms with Gasteiger partial charge in [0, 0.05) is 28.0 Å². The Morgan fingerprint density at radius 2 is 2.00 bits per heavy atom. The molecule has 0 saturated heterocycles. The van der Waals surface area contributed by atoms with E-state index in [1.165, 1.54) is 24.7 Å². The van der Waals surface area contributed by atoms with Crippen molar-refractivity contribution in [3.63, 3.8) is 0 Å². The number of nitrogens with zero attached hydrogens (tertiary/aromatic N) is 2. The lowest BCUT2D eigenvalue weighted by Gasteiger charge is -2.04. The van der Waals surface area contributed by atoms with Crippen LogP contribution in [0.4, 0.5) is 0 Å². The fourth-order valence-corrected chi connectivity index (χ4v) is 1.99. The lowest BCUT2D eigenvalue weighted by molar-refractivity contribution is -0.120. The third kappa shape index (κ3) is 5.19. The Balaban J connectivity index is 1.82. The number of benzene rings is 1. The van der Waals surface area contributed by atoms with Crippen LogP contribution >= 0.6 is 15.9 Å². The number of halogens is 1. The van der Waals surface area contributed by atoms with E-state index in [2.05, 4.69) is 36.8 Å². The van der Waals surface area contributed by atoms with Crippen LogP contribution in [0.25, 0.3) is 0 Å². The van der Waals surface area contributed by atoms with Gasteiger partial charge in [-0.2, -0.15) is 5.10 Å². The highest BCUT2D eigenvalue weighted by Gasteiger charge is 2.07. The normalized spacial score (nSPS) is 10.5. The smallest absolute Gasteiger partial charge is 0.259 e. The predicted octanol–water partition coefficient (Wildman–Crippen LogP) is 1.43. The van der Waals surface area contributed by atoms with Crippen molar-refractivity contribution in [1.82, 2.24) is 15.7 Å². The second-order valence-corrected chi connectivity index (χ2v) is 5.33. The van der Waals surface area contributed by atoms with Crippen molar-refractivity contribution in [2.24, 2.45) is 5.10 Å². The molecular formula is C15H13BrN4O3. The minimum atomic E-state index is -0.488. The Kier molecular flexibility index (Phi) is 5.81. The SMILES string of the molecule is O=C(CNC(=O)c1ccncc1)N/N=C\c1cc(Br)ccc1O. The van der Waals surface area contributed by atoms with E-state index in [1.807, 2.05) is 0 Å². The summed E-state index contributed by atoms with van der Waals surface area (Å²) in [7, 11) is 0. The average molecular weight is 377 g/mol. The van der Waals surface area contributed by atoms with Crippen molar-refractivity contribution < 1.29 is 14.7 Å². The number of hydrazone groups is 1. The Morgan fingerprint density at radius 3 is 2.74 bits per heavy atom. The number of phenols is 1. The summed E-state index contributed by atoms with van der Waals surface area (Å²) in [6.45, 7) is -0.219. The first kappa shape index (κ1) is 16.6. The number of carbonyl (C=O) groups is 2. The maximum atomic E-state index is 11.7. The number of hydrogen-bond donors (Lipinski definition) is 3. The maximum absolute atomic E-state index is 11.7. The molecule has 23 heavy (non-hydrogen) atoms. The van der Waals surface area contributed by atoms with Gasteiger partial charge in [0.1, 0.15) is 5.75 Å². The van der Waals surface area contributed by atoms with E-state index in [0.29, 0.717) is 11.1 Å². The average Bonchev–Trinajstić information content (AvgIpc) is 2.56. The van der Waals surface area contributed by atoms with E-state index in [0.717, 1.165) is 4.47 Å². The van der Waals surface area contributed by atoms with Crippen molar-refractivity contribution in [3.8, 4) is 5.75 Å². The highest BCUT2D eigenvalue weighted by molar-refractivity contribution is 9.10. The first-order valence-electron chi connectivity index (χ1n) is 6.55. The summed E-state index contributed by atoms with van der Waals surface area (Å²) in [5.74, 6) is -0.827. The summed E-state index contributed by atoms with van der Waals surface area (Å²) in [6, 6.07) is 7.92. The summed E-state index contributed by atoms with van der Waals surface area (Å²) in [4.78, 5) is 27.1. The summed E-state index contributed by atoms with van der Waals surface area (Å²) in [5, 5.41) is 15.8. The minimum absolute atomic E-state index is 0.0391. The Bertz CT molecular complexity index is 735. The molecule has 0 bridgehead atoms. The van der Waals surface area contributed by atoms with Gasteiger partial charge >= 0.3 is 0 Å². The van der Waals surface area contributed by atoms with Gasteiger partial charge in [-0.1, -0.05) is 15.9 Å². The highest BCUT2D eigenvalue weighted by atomic mass is 79.9. The van der Waals surface area contributed by atoms with Crippen LogP contribution in [-0.2, 0) is 4.79 Å². The molecule has 0 aliphatic heterocycles. The van der Waals surface area contributed by atoms with Gasteiger partial charge in [0.2, 0.25) is 0 Å². The van der Waals surface area contributed by atoms with Crippen molar-refractivity contribution in [3.05, 3.63) is 58.3 Å². The standard InChI is InChI=1S/C15H13BrN4O3/c16-12-1-2-13(21)11(7-12)8-19-20-14(22)9-18-15(23)10-3-5-17-6-4-10/h1-8,21H,9H2,(H,18,23)(H,20,22)/b19-8-. The second-order valence-electron chi connectivity index (χ2n) is 4.41. The van der Waals surface area contributed by atoms with Crippen molar-refractivity contribution >= 4 is 34.0 Å². The third-order valence-electron chi connectivity index (χ3n) is 2.73. The molecule has 1 heterocycles. The number of aromatic hydroxyl groups is 1. The molecule has 0 fully saturated rings. The zero-order valence-electron chi connectivity index (χ0n) is 11.9. The van der Waals surface area contributed by atoms with Gasteiger partial charge in [-0.3, -0.25) is 14.6 Å². The molecular weight excluding hydrogens is 364 g/mol. The van der Waals surface area contributed by atoms with Gasteiger partial charge in [0.15, 0.2) is 0 Å². The molecule has 0 aliphatic rings. The van der Waals surface area contributed by atoms with Gasteiger partial charge < -0.3 is 10.4 Å². The van der Waals surface area contributed by atoms with Gasteiger partial charge in [-0.05, 0) is 30.3 Å². The molecule has 2 rings (SSSR count). The number of pyridine rings is 1. The number of carbonyl (C=O) groups excluding carboxylic acids is 2. The summed E-state index contributed by atoms with van der Waals surface area (Å²) >= 11 is 3.27. The van der Waals surface area contributed by atoms with Crippen LogP contribution in [0.2, 0.25) is 0 Å². The van der Waals surface area contributed by atoms with Gasteiger partial charge in [0.05, 0.1) is 12.8 Å². The van der Waals surface area contributed by atoms with Gasteiger partial charge in [-0.15, -0.1) is 0 Å². The topological polar surface area (TPSA) is 104 Å². The molecule has 7 nitrogen and oxygen atoms in total. The van der Waals surface area contributed by atoms with Crippen LogP contribution in [0.5, 0.6) is 5.75 Å². The first-order chi connectivity index (χ1) is 11.1. The molecule has 0 atom stereocenters. The highest BCUT2D eigenvalue weighted by Crippen LogP contribution is 2.19. The largest absolute Gasteiger partial charge is 0.507 e. The van der Waals surface area contributed by atoms with Crippen LogP contribution in [-0.4, -0.2) is 34.7 Å².